The first-order chi connectivity index (χ1) is 9.96. The molecule has 1 aromatic rings. The maximum Gasteiger partial charge on any atom is 0.303 e. The summed E-state index contributed by atoms with van der Waals surface area (Å²) in [4.78, 5) is 15.5. The van der Waals surface area contributed by atoms with Crippen molar-refractivity contribution in [3.8, 4) is 0 Å². The molecular formula is C15H24N2O4. The van der Waals surface area contributed by atoms with Crippen molar-refractivity contribution < 1.29 is 19.2 Å². The molecule has 0 amide bonds. The molecule has 6 nitrogen and oxygen atoms in total. The summed E-state index contributed by atoms with van der Waals surface area (Å²) in [5.41, 5.74) is -0.226. The molecule has 1 atom stereocenters. The summed E-state index contributed by atoms with van der Waals surface area (Å²) in [6.07, 6.45) is 4.48. The molecule has 1 aliphatic carbocycles. The normalized spacial score (nSPS) is 19.0. The highest BCUT2D eigenvalue weighted by Gasteiger charge is 2.38. The van der Waals surface area contributed by atoms with Gasteiger partial charge in [0.25, 0.3) is 0 Å². The highest BCUT2D eigenvalue weighted by atomic mass is 16.5. The first-order valence-electron chi connectivity index (χ1n) is 7.53. The van der Waals surface area contributed by atoms with Crippen molar-refractivity contribution in [1.82, 2.24) is 10.1 Å². The van der Waals surface area contributed by atoms with Gasteiger partial charge in [0.1, 0.15) is 6.10 Å². The Bertz CT molecular complexity index is 478. The zero-order valence-corrected chi connectivity index (χ0v) is 13.0. The predicted molar refractivity (Wildman–Crippen MR) is 75.7 cm³/mol. The third-order valence-electron chi connectivity index (χ3n) is 4.31. The Morgan fingerprint density at radius 3 is 2.62 bits per heavy atom. The van der Waals surface area contributed by atoms with Crippen LogP contribution in [0.3, 0.4) is 0 Å². The quantitative estimate of drug-likeness (QED) is 0.832. The van der Waals surface area contributed by atoms with Crippen molar-refractivity contribution in [2.75, 3.05) is 7.11 Å². The second-order valence-electron chi connectivity index (χ2n) is 6.40. The van der Waals surface area contributed by atoms with Crippen LogP contribution >= 0.6 is 0 Å². The van der Waals surface area contributed by atoms with Crippen LogP contribution in [-0.2, 0) is 16.0 Å². The number of carbonyl (C=O) groups is 1. The molecule has 0 aliphatic heterocycles. The summed E-state index contributed by atoms with van der Waals surface area (Å²) in [6, 6.07) is 0. The van der Waals surface area contributed by atoms with E-state index in [4.69, 9.17) is 14.4 Å². The molecule has 1 N–H and O–H groups in total. The zero-order valence-electron chi connectivity index (χ0n) is 13.0. The van der Waals surface area contributed by atoms with E-state index in [0.717, 1.165) is 25.7 Å². The summed E-state index contributed by atoms with van der Waals surface area (Å²) in [5.74, 6) is 0.565. The van der Waals surface area contributed by atoms with Gasteiger partial charge < -0.3 is 14.4 Å². The maximum absolute atomic E-state index is 11.1. The monoisotopic (exact) mass is 296 g/mol. The van der Waals surface area contributed by atoms with Gasteiger partial charge in [-0.1, -0.05) is 31.8 Å². The number of ether oxygens (including phenoxy) is 1. The number of hydrogen-bond donors (Lipinski definition) is 1. The Hall–Kier alpha value is -1.43. The number of nitrogens with zero attached hydrogens (tertiary/aromatic N) is 2. The highest BCUT2D eigenvalue weighted by molar-refractivity contribution is 5.67. The third-order valence-corrected chi connectivity index (χ3v) is 4.31. The first-order valence-corrected chi connectivity index (χ1v) is 7.53. The molecular weight excluding hydrogens is 272 g/mol. The molecule has 0 spiro atoms. The molecule has 2 rings (SSSR count). The molecule has 0 aromatic carbocycles. The van der Waals surface area contributed by atoms with Gasteiger partial charge in [-0.05, 0) is 24.2 Å². The summed E-state index contributed by atoms with van der Waals surface area (Å²) < 4.78 is 10.7. The van der Waals surface area contributed by atoms with E-state index in [1.807, 2.05) is 13.8 Å². The number of carboxylic acid groups (broad SMARTS) is 1. The lowest BCUT2D eigenvalue weighted by atomic mass is 9.79. The van der Waals surface area contributed by atoms with E-state index in [9.17, 15) is 4.79 Å². The lowest BCUT2D eigenvalue weighted by Gasteiger charge is -2.24. The van der Waals surface area contributed by atoms with Gasteiger partial charge >= 0.3 is 5.97 Å². The Kier molecular flexibility index (Phi) is 4.98. The van der Waals surface area contributed by atoms with E-state index in [1.54, 1.807) is 7.11 Å². The van der Waals surface area contributed by atoms with E-state index in [0.29, 0.717) is 18.1 Å². The van der Waals surface area contributed by atoms with Crippen molar-refractivity contribution in [2.24, 2.45) is 11.3 Å². The molecule has 1 heterocycles. The molecule has 1 aromatic heterocycles. The predicted octanol–water partition coefficient (Wildman–Crippen LogP) is 2.99. The van der Waals surface area contributed by atoms with Crippen LogP contribution in [0.25, 0.3) is 0 Å². The summed E-state index contributed by atoms with van der Waals surface area (Å²) in [5, 5.41) is 13.1. The highest BCUT2D eigenvalue weighted by Crippen LogP contribution is 2.43. The van der Waals surface area contributed by atoms with E-state index in [1.165, 1.54) is 0 Å². The minimum atomic E-state index is -0.756. The maximum atomic E-state index is 11.1. The molecule has 1 unspecified atom stereocenters. The van der Waals surface area contributed by atoms with Gasteiger partial charge in [0.2, 0.25) is 11.7 Å². The number of aromatic nitrogens is 2. The minimum Gasteiger partial charge on any atom is -0.481 e. The molecule has 1 saturated carbocycles. The van der Waals surface area contributed by atoms with Crippen LogP contribution in [0.2, 0.25) is 0 Å². The Balaban J connectivity index is 2.11. The summed E-state index contributed by atoms with van der Waals surface area (Å²) >= 11 is 0. The van der Waals surface area contributed by atoms with Gasteiger partial charge in [-0.15, -0.1) is 0 Å². The first kappa shape index (κ1) is 15.9. The molecule has 0 bridgehead atoms. The van der Waals surface area contributed by atoms with Crippen LogP contribution < -0.4 is 0 Å². The average Bonchev–Trinajstić information content (AvgIpc) is 3.00. The number of hydrogen-bond acceptors (Lipinski definition) is 5. The van der Waals surface area contributed by atoms with Crippen molar-refractivity contribution in [2.45, 2.75) is 58.5 Å². The van der Waals surface area contributed by atoms with Gasteiger partial charge in [-0.25, -0.2) is 0 Å². The van der Waals surface area contributed by atoms with Crippen molar-refractivity contribution >= 4 is 5.97 Å². The number of carboxylic acids is 1. The van der Waals surface area contributed by atoms with Crippen LogP contribution in [-0.4, -0.2) is 28.3 Å². The zero-order chi connectivity index (χ0) is 15.5. The van der Waals surface area contributed by atoms with Gasteiger partial charge in [-0.2, -0.15) is 4.98 Å². The second-order valence-corrected chi connectivity index (χ2v) is 6.40. The van der Waals surface area contributed by atoms with E-state index in [2.05, 4.69) is 10.1 Å². The largest absolute Gasteiger partial charge is 0.481 e. The topological polar surface area (TPSA) is 85.5 Å². The summed E-state index contributed by atoms with van der Waals surface area (Å²) in [6.45, 7) is 4.07. The van der Waals surface area contributed by atoms with E-state index in [-0.39, 0.29) is 23.9 Å². The van der Waals surface area contributed by atoms with E-state index >= 15 is 0 Å². The van der Waals surface area contributed by atoms with Crippen LogP contribution in [0.5, 0.6) is 0 Å². The lowest BCUT2D eigenvalue weighted by molar-refractivity contribution is -0.139. The second kappa shape index (κ2) is 6.56. The number of rotatable bonds is 7. The third kappa shape index (κ3) is 3.81. The summed E-state index contributed by atoms with van der Waals surface area (Å²) in [7, 11) is 1.63. The van der Waals surface area contributed by atoms with Crippen molar-refractivity contribution in [1.29, 1.82) is 0 Å². The standard InChI is InChI=1S/C15H24N2O4/c1-10(2)13(20-3)14-16-11(21-17-14)8-15(9-12(18)19)6-4-5-7-15/h10,13H,4-9H2,1-3H3,(H,18,19). The number of methoxy groups -OCH3 is 1. The van der Waals surface area contributed by atoms with Crippen molar-refractivity contribution in [3.63, 3.8) is 0 Å². The minimum absolute atomic E-state index is 0.169. The molecule has 0 radical (unpaired) electrons. The molecule has 6 heteroatoms. The van der Waals surface area contributed by atoms with Gasteiger partial charge in [-0.3, -0.25) is 4.79 Å². The fraction of sp³-hybridized carbons (Fsp3) is 0.800. The number of aliphatic carboxylic acids is 1. The average molecular weight is 296 g/mol. The van der Waals surface area contributed by atoms with E-state index < -0.39 is 5.97 Å². The van der Waals surface area contributed by atoms with Crippen LogP contribution in [0, 0.1) is 11.3 Å². The van der Waals surface area contributed by atoms with Crippen molar-refractivity contribution in [3.05, 3.63) is 11.7 Å². The SMILES string of the molecule is COC(c1noc(CC2(CC(=O)O)CCCC2)n1)C(C)C. The molecule has 1 fully saturated rings. The molecule has 1 aliphatic rings. The van der Waals surface area contributed by atoms with Crippen LogP contribution in [0.4, 0.5) is 0 Å². The van der Waals surface area contributed by atoms with Crippen LogP contribution in [0.1, 0.15) is 63.8 Å². The smallest absolute Gasteiger partial charge is 0.303 e. The Morgan fingerprint density at radius 2 is 2.10 bits per heavy atom. The molecule has 0 saturated heterocycles. The Morgan fingerprint density at radius 1 is 1.43 bits per heavy atom. The molecule has 21 heavy (non-hydrogen) atoms. The van der Waals surface area contributed by atoms with Gasteiger partial charge in [0.05, 0.1) is 6.42 Å². The van der Waals surface area contributed by atoms with Gasteiger partial charge in [0, 0.05) is 13.5 Å². The fourth-order valence-corrected chi connectivity index (χ4v) is 3.31. The lowest BCUT2D eigenvalue weighted by Crippen LogP contribution is -2.24. The van der Waals surface area contributed by atoms with Crippen LogP contribution in [0.15, 0.2) is 4.52 Å². The van der Waals surface area contributed by atoms with Gasteiger partial charge in [0.15, 0.2) is 0 Å². The Labute approximate surface area is 124 Å². The fourth-order valence-electron chi connectivity index (χ4n) is 3.31. The molecule has 118 valence electrons.